The third-order valence-electron chi connectivity index (χ3n) is 4.64. The number of hydrogen-bond acceptors (Lipinski definition) is 3. The minimum absolute atomic E-state index is 0.595. The van der Waals surface area contributed by atoms with E-state index in [0.29, 0.717) is 11.6 Å². The van der Waals surface area contributed by atoms with Crippen molar-refractivity contribution < 1.29 is 9.84 Å². The Kier molecular flexibility index (Phi) is 5.84. The van der Waals surface area contributed by atoms with Crippen molar-refractivity contribution >= 4 is 22.6 Å². The minimum atomic E-state index is -0.595. The molecule has 26 heavy (non-hydrogen) atoms. The van der Waals surface area contributed by atoms with E-state index in [1.165, 1.54) is 11.1 Å². The Balaban J connectivity index is 1.67. The van der Waals surface area contributed by atoms with Crippen molar-refractivity contribution in [2.24, 2.45) is 0 Å². The fourth-order valence-electron chi connectivity index (χ4n) is 3.07. The number of imidazole rings is 1. The number of hydrogen-bond donors (Lipinski definition) is 1. The number of nitrogens with zero attached hydrogens (tertiary/aromatic N) is 2. The van der Waals surface area contributed by atoms with Gasteiger partial charge in [-0.15, -0.1) is 0 Å². The van der Waals surface area contributed by atoms with Crippen LogP contribution in [0.3, 0.4) is 0 Å². The molecule has 2 aromatic carbocycles. The van der Waals surface area contributed by atoms with Gasteiger partial charge in [0.05, 0.1) is 22.7 Å². The Morgan fingerprint density at radius 1 is 1.15 bits per heavy atom. The maximum Gasteiger partial charge on any atom is 0.138 e. The summed E-state index contributed by atoms with van der Waals surface area (Å²) in [5.41, 5.74) is 4.47. The number of halogens is 1. The number of rotatable bonds is 7. The lowest BCUT2D eigenvalue weighted by atomic mass is 10.1. The second kappa shape index (κ2) is 8.11. The third-order valence-corrected chi connectivity index (χ3v) is 4.95. The minimum Gasteiger partial charge on any atom is -0.492 e. The molecule has 0 amide bonds. The van der Waals surface area contributed by atoms with Crippen molar-refractivity contribution in [2.75, 3.05) is 6.61 Å². The highest BCUT2D eigenvalue weighted by Gasteiger charge is 2.15. The van der Waals surface area contributed by atoms with Crippen LogP contribution in [-0.2, 0) is 6.54 Å². The van der Waals surface area contributed by atoms with E-state index in [1.807, 2.05) is 24.3 Å². The van der Waals surface area contributed by atoms with E-state index in [0.717, 1.165) is 42.0 Å². The van der Waals surface area contributed by atoms with Gasteiger partial charge in [-0.05, 0) is 69.0 Å². The number of aliphatic hydroxyl groups excluding tert-OH is 1. The lowest BCUT2D eigenvalue weighted by molar-refractivity contribution is 0.184. The Hall–Kier alpha value is -2.04. The van der Waals surface area contributed by atoms with Gasteiger partial charge in [-0.2, -0.15) is 0 Å². The van der Waals surface area contributed by atoms with Crippen LogP contribution in [0.5, 0.6) is 5.75 Å². The largest absolute Gasteiger partial charge is 0.492 e. The van der Waals surface area contributed by atoms with Gasteiger partial charge in [-0.25, -0.2) is 4.98 Å². The van der Waals surface area contributed by atoms with Crippen LogP contribution in [0.25, 0.3) is 11.0 Å². The van der Waals surface area contributed by atoms with Crippen molar-refractivity contribution in [1.29, 1.82) is 0 Å². The predicted molar refractivity (Wildman–Crippen MR) is 106 cm³/mol. The zero-order chi connectivity index (χ0) is 18.7. The quantitative estimate of drug-likeness (QED) is 0.578. The summed E-state index contributed by atoms with van der Waals surface area (Å²) in [5, 5.41) is 10.7. The average molecular weight is 373 g/mol. The van der Waals surface area contributed by atoms with Crippen molar-refractivity contribution in [3.05, 3.63) is 58.4 Å². The molecule has 1 N–H and O–H groups in total. The zero-order valence-electron chi connectivity index (χ0n) is 15.5. The summed E-state index contributed by atoms with van der Waals surface area (Å²) in [5.74, 6) is 1.44. The first-order valence-electron chi connectivity index (χ1n) is 9.00. The predicted octanol–water partition coefficient (Wildman–Crippen LogP) is 5.22. The zero-order valence-corrected chi connectivity index (χ0v) is 16.3. The van der Waals surface area contributed by atoms with Crippen molar-refractivity contribution in [3.63, 3.8) is 0 Å². The van der Waals surface area contributed by atoms with Crippen LogP contribution in [-0.4, -0.2) is 21.3 Å². The second-order valence-electron chi connectivity index (χ2n) is 6.71. The number of aliphatic hydroxyl groups is 1. The van der Waals surface area contributed by atoms with Gasteiger partial charge in [-0.1, -0.05) is 23.7 Å². The molecule has 1 unspecified atom stereocenters. The van der Waals surface area contributed by atoms with Crippen LogP contribution < -0.4 is 4.74 Å². The molecule has 1 heterocycles. The number of ether oxygens (including phenoxy) is 1. The van der Waals surface area contributed by atoms with Gasteiger partial charge >= 0.3 is 0 Å². The second-order valence-corrected chi connectivity index (χ2v) is 7.12. The highest BCUT2D eigenvalue weighted by atomic mass is 35.5. The molecule has 0 bridgehead atoms. The van der Waals surface area contributed by atoms with Crippen LogP contribution in [0.2, 0.25) is 5.02 Å². The Morgan fingerprint density at radius 3 is 2.62 bits per heavy atom. The van der Waals surface area contributed by atoms with Gasteiger partial charge in [0.1, 0.15) is 17.7 Å². The highest BCUT2D eigenvalue weighted by Crippen LogP contribution is 2.25. The molecule has 0 spiro atoms. The first kappa shape index (κ1) is 18.7. The molecule has 5 heteroatoms. The van der Waals surface area contributed by atoms with E-state index in [1.54, 1.807) is 6.92 Å². The third kappa shape index (κ3) is 4.02. The van der Waals surface area contributed by atoms with Gasteiger partial charge < -0.3 is 14.4 Å². The molecule has 0 aliphatic carbocycles. The lowest BCUT2D eigenvalue weighted by Gasteiger charge is -2.12. The van der Waals surface area contributed by atoms with E-state index < -0.39 is 6.10 Å². The molecule has 138 valence electrons. The standard InChI is InChI=1S/C21H25ClN2O2/c1-14-12-18-19(13-15(14)2)24(21(23-18)16(3)25)10-6-7-11-26-20-9-5-4-8-17(20)22/h4-5,8-9,12-13,16,25H,6-7,10-11H2,1-3H3. The van der Waals surface area contributed by atoms with Crippen molar-refractivity contribution in [1.82, 2.24) is 9.55 Å². The maximum atomic E-state index is 10.1. The molecule has 0 aliphatic rings. The van der Waals surface area contributed by atoms with E-state index in [4.69, 9.17) is 16.3 Å². The maximum absolute atomic E-state index is 10.1. The number of aryl methyl sites for hydroxylation is 3. The summed E-state index contributed by atoms with van der Waals surface area (Å²) in [6, 6.07) is 11.8. The van der Waals surface area contributed by atoms with Gasteiger partial charge in [0, 0.05) is 6.54 Å². The number of aromatic nitrogens is 2. The fourth-order valence-corrected chi connectivity index (χ4v) is 3.26. The van der Waals surface area contributed by atoms with Crippen LogP contribution in [0.1, 0.15) is 42.8 Å². The molecule has 0 saturated heterocycles. The summed E-state index contributed by atoms with van der Waals surface area (Å²) in [6.45, 7) is 7.36. The topological polar surface area (TPSA) is 47.3 Å². The first-order valence-corrected chi connectivity index (χ1v) is 9.38. The van der Waals surface area contributed by atoms with Crippen LogP contribution in [0, 0.1) is 13.8 Å². The molecule has 1 aromatic heterocycles. The molecule has 0 radical (unpaired) electrons. The van der Waals surface area contributed by atoms with Gasteiger partial charge in [0.15, 0.2) is 0 Å². The molecule has 1 atom stereocenters. The average Bonchev–Trinajstić information content (AvgIpc) is 2.94. The summed E-state index contributed by atoms with van der Waals surface area (Å²) >= 11 is 6.10. The van der Waals surface area contributed by atoms with Gasteiger partial charge in [-0.3, -0.25) is 0 Å². The summed E-state index contributed by atoms with van der Waals surface area (Å²) in [7, 11) is 0. The lowest BCUT2D eigenvalue weighted by Crippen LogP contribution is -2.08. The van der Waals surface area contributed by atoms with E-state index in [2.05, 4.69) is 35.5 Å². The SMILES string of the molecule is Cc1cc2nc(C(C)O)n(CCCCOc3ccccc3Cl)c2cc1C. The first-order chi connectivity index (χ1) is 12.5. The molecule has 3 aromatic rings. The van der Waals surface area contributed by atoms with Crippen LogP contribution >= 0.6 is 11.6 Å². The summed E-state index contributed by atoms with van der Waals surface area (Å²) < 4.78 is 7.88. The number of para-hydroxylation sites is 1. The van der Waals surface area contributed by atoms with E-state index >= 15 is 0 Å². The normalized spacial score (nSPS) is 12.5. The van der Waals surface area contributed by atoms with E-state index in [9.17, 15) is 5.11 Å². The van der Waals surface area contributed by atoms with E-state index in [-0.39, 0.29) is 0 Å². The highest BCUT2D eigenvalue weighted by molar-refractivity contribution is 6.32. The molecule has 0 aliphatic heterocycles. The molecule has 0 fully saturated rings. The number of fused-ring (bicyclic) bond motifs is 1. The summed E-state index contributed by atoms with van der Waals surface area (Å²) in [6.07, 6.45) is 1.24. The number of unbranched alkanes of at least 4 members (excludes halogenated alkanes) is 1. The van der Waals surface area contributed by atoms with Crippen LogP contribution in [0.15, 0.2) is 36.4 Å². The molecular weight excluding hydrogens is 348 g/mol. The summed E-state index contributed by atoms with van der Waals surface area (Å²) in [4.78, 5) is 4.64. The Morgan fingerprint density at radius 2 is 1.88 bits per heavy atom. The van der Waals surface area contributed by atoms with Gasteiger partial charge in [0.2, 0.25) is 0 Å². The number of benzene rings is 2. The molecule has 3 rings (SSSR count). The van der Waals surface area contributed by atoms with Crippen molar-refractivity contribution in [2.45, 2.75) is 46.3 Å². The Labute approximate surface area is 159 Å². The Bertz CT molecular complexity index is 902. The molecular formula is C21H25ClN2O2. The molecule has 0 saturated carbocycles. The fraction of sp³-hybridized carbons (Fsp3) is 0.381. The van der Waals surface area contributed by atoms with Crippen molar-refractivity contribution in [3.8, 4) is 5.75 Å². The monoisotopic (exact) mass is 372 g/mol. The van der Waals surface area contributed by atoms with Crippen LogP contribution in [0.4, 0.5) is 0 Å². The smallest absolute Gasteiger partial charge is 0.138 e. The molecule has 4 nitrogen and oxygen atoms in total. The van der Waals surface area contributed by atoms with Gasteiger partial charge in [0.25, 0.3) is 0 Å².